The first kappa shape index (κ1) is 24.2. The lowest BCUT2D eigenvalue weighted by Gasteiger charge is -2.39. The van der Waals surface area contributed by atoms with Gasteiger partial charge in [-0.15, -0.1) is 0 Å². The van der Waals surface area contributed by atoms with Gasteiger partial charge in [0, 0.05) is 57.2 Å². The van der Waals surface area contributed by atoms with Crippen molar-refractivity contribution >= 4 is 5.91 Å². The molecule has 0 spiro atoms. The molecule has 0 aromatic carbocycles. The summed E-state index contributed by atoms with van der Waals surface area (Å²) in [6, 6.07) is 1.30. The molecule has 4 atom stereocenters. The molecule has 0 bridgehead atoms. The zero-order chi connectivity index (χ0) is 23.8. The van der Waals surface area contributed by atoms with Crippen molar-refractivity contribution in [1.82, 2.24) is 15.2 Å². The number of halogens is 3. The van der Waals surface area contributed by atoms with Crippen LogP contribution in [0, 0.1) is 11.3 Å². The summed E-state index contributed by atoms with van der Waals surface area (Å²) in [5.41, 5.74) is -0.358. The number of ether oxygens (including phenoxy) is 2. The van der Waals surface area contributed by atoms with Crippen molar-refractivity contribution in [2.24, 2.45) is 11.3 Å². The Balaban J connectivity index is 1.49. The molecular formula is C24H32F3N3O3. The van der Waals surface area contributed by atoms with Crippen LogP contribution >= 0.6 is 0 Å². The summed E-state index contributed by atoms with van der Waals surface area (Å²) in [5.74, 6) is 0.0124. The van der Waals surface area contributed by atoms with Crippen LogP contribution in [0.4, 0.5) is 13.2 Å². The molecule has 4 rings (SSSR count). The molecule has 1 fully saturated rings. The van der Waals surface area contributed by atoms with Crippen LogP contribution in [0.3, 0.4) is 0 Å². The summed E-state index contributed by atoms with van der Waals surface area (Å²) in [4.78, 5) is 19.5. The standard InChI is InChI=1S/C24H32F3N3O3/c1-15(2)23(7-4-18(11-23)29-20-6-9-33-14-21(20)32-3)22(31)30-8-5-19-16(13-30)10-17(12-28-19)24(25,26)27/h4,7,10,12,15,18,20-21,29H,5-6,8-9,11,13-14H2,1-3H3/t18?,20?,21?,23-/m0/s1. The lowest BCUT2D eigenvalue weighted by molar-refractivity contribution is -0.143. The van der Waals surface area contributed by atoms with Gasteiger partial charge in [-0.1, -0.05) is 26.0 Å². The summed E-state index contributed by atoms with van der Waals surface area (Å²) in [7, 11) is 1.67. The number of pyridine rings is 1. The maximum atomic E-state index is 13.8. The van der Waals surface area contributed by atoms with E-state index >= 15 is 0 Å². The monoisotopic (exact) mass is 467 g/mol. The first-order valence-corrected chi connectivity index (χ1v) is 11.5. The molecule has 1 aromatic heterocycles. The predicted octanol–water partition coefficient (Wildman–Crippen LogP) is 3.35. The van der Waals surface area contributed by atoms with Gasteiger partial charge in [-0.25, -0.2) is 0 Å². The van der Waals surface area contributed by atoms with E-state index in [1.807, 2.05) is 19.9 Å². The first-order chi connectivity index (χ1) is 15.6. The van der Waals surface area contributed by atoms with Crippen LogP contribution < -0.4 is 5.32 Å². The molecule has 1 N–H and O–H groups in total. The second-order valence-corrected chi connectivity index (χ2v) is 9.58. The number of rotatable bonds is 5. The highest BCUT2D eigenvalue weighted by Gasteiger charge is 2.47. The zero-order valence-corrected chi connectivity index (χ0v) is 19.3. The van der Waals surface area contributed by atoms with Crippen molar-refractivity contribution in [1.29, 1.82) is 0 Å². The Kier molecular flexibility index (Phi) is 6.85. The highest BCUT2D eigenvalue weighted by molar-refractivity contribution is 5.86. The number of nitrogens with one attached hydrogen (secondary N) is 1. The van der Waals surface area contributed by atoms with Crippen LogP contribution in [0.15, 0.2) is 24.4 Å². The molecule has 1 aromatic rings. The number of fused-ring (bicyclic) bond motifs is 1. The first-order valence-electron chi connectivity index (χ1n) is 11.5. The van der Waals surface area contributed by atoms with Gasteiger partial charge in [-0.2, -0.15) is 13.2 Å². The van der Waals surface area contributed by atoms with Gasteiger partial charge in [-0.05, 0) is 30.4 Å². The molecule has 1 aliphatic carbocycles. The molecule has 9 heteroatoms. The summed E-state index contributed by atoms with van der Waals surface area (Å²) in [5, 5.41) is 3.63. The smallest absolute Gasteiger partial charge is 0.379 e. The van der Waals surface area contributed by atoms with Gasteiger partial charge < -0.3 is 19.7 Å². The third kappa shape index (κ3) is 4.81. The molecule has 3 heterocycles. The fourth-order valence-corrected chi connectivity index (χ4v) is 5.19. The van der Waals surface area contributed by atoms with Crippen LogP contribution in [0.1, 0.15) is 43.5 Å². The lowest BCUT2D eigenvalue weighted by atomic mass is 9.74. The van der Waals surface area contributed by atoms with Crippen LogP contribution in [-0.4, -0.2) is 60.8 Å². The minimum atomic E-state index is -4.45. The molecule has 3 aliphatic rings. The molecule has 182 valence electrons. The van der Waals surface area contributed by atoms with E-state index in [9.17, 15) is 18.0 Å². The van der Waals surface area contributed by atoms with E-state index in [0.717, 1.165) is 18.7 Å². The van der Waals surface area contributed by atoms with Gasteiger partial charge in [0.05, 0.1) is 23.7 Å². The zero-order valence-electron chi connectivity index (χ0n) is 19.3. The second kappa shape index (κ2) is 9.35. The normalized spacial score (nSPS) is 30.0. The number of carbonyl (C=O) groups excluding carboxylic acids is 1. The molecule has 0 radical (unpaired) electrons. The Bertz CT molecular complexity index is 905. The number of hydrogen-bond donors (Lipinski definition) is 1. The van der Waals surface area contributed by atoms with Gasteiger partial charge in [0.2, 0.25) is 5.91 Å². The third-order valence-electron chi connectivity index (χ3n) is 7.30. The molecule has 3 unspecified atom stereocenters. The Labute approximate surface area is 192 Å². The highest BCUT2D eigenvalue weighted by Crippen LogP contribution is 2.42. The maximum absolute atomic E-state index is 13.8. The SMILES string of the molecule is COC1COCCC1NC1C=C[C@@](C(=O)N2CCc3ncc(C(F)(F)F)cc3C2)(C(C)C)C1. The minimum absolute atomic E-state index is 0.0210. The van der Waals surface area contributed by atoms with Crippen LogP contribution in [0.2, 0.25) is 0 Å². The number of aromatic nitrogens is 1. The lowest BCUT2D eigenvalue weighted by Crippen LogP contribution is -2.52. The summed E-state index contributed by atoms with van der Waals surface area (Å²) in [6.07, 6.45) is 2.35. The minimum Gasteiger partial charge on any atom is -0.379 e. The summed E-state index contributed by atoms with van der Waals surface area (Å²) in [6.45, 7) is 5.87. The number of alkyl halides is 3. The van der Waals surface area contributed by atoms with E-state index in [1.54, 1.807) is 12.0 Å². The van der Waals surface area contributed by atoms with Gasteiger partial charge in [0.1, 0.15) is 0 Å². The molecule has 2 aliphatic heterocycles. The van der Waals surface area contributed by atoms with E-state index in [1.165, 1.54) is 0 Å². The largest absolute Gasteiger partial charge is 0.417 e. The third-order valence-corrected chi connectivity index (χ3v) is 7.30. The maximum Gasteiger partial charge on any atom is 0.417 e. The average molecular weight is 468 g/mol. The van der Waals surface area contributed by atoms with Crippen molar-refractivity contribution in [2.45, 2.75) is 64.0 Å². The number of hydrogen-bond acceptors (Lipinski definition) is 5. The Hall–Kier alpha value is -1.97. The van der Waals surface area contributed by atoms with E-state index in [0.29, 0.717) is 43.9 Å². The highest BCUT2D eigenvalue weighted by atomic mass is 19.4. The molecule has 33 heavy (non-hydrogen) atoms. The van der Waals surface area contributed by atoms with E-state index in [2.05, 4.69) is 16.4 Å². The van der Waals surface area contributed by atoms with Gasteiger partial charge in [0.25, 0.3) is 0 Å². The number of nitrogens with zero attached hydrogens (tertiary/aromatic N) is 2. The molecular weight excluding hydrogens is 435 g/mol. The van der Waals surface area contributed by atoms with Crippen molar-refractivity contribution in [3.8, 4) is 0 Å². The summed E-state index contributed by atoms with van der Waals surface area (Å²) < 4.78 is 50.5. The molecule has 0 saturated carbocycles. The number of methoxy groups -OCH3 is 1. The molecule has 1 saturated heterocycles. The van der Waals surface area contributed by atoms with Crippen LogP contribution in [0.25, 0.3) is 0 Å². The van der Waals surface area contributed by atoms with Crippen molar-refractivity contribution < 1.29 is 27.4 Å². The van der Waals surface area contributed by atoms with Crippen molar-refractivity contribution in [3.05, 3.63) is 41.2 Å². The van der Waals surface area contributed by atoms with Gasteiger partial charge in [-0.3, -0.25) is 9.78 Å². The fourth-order valence-electron chi connectivity index (χ4n) is 5.19. The topological polar surface area (TPSA) is 63.7 Å². The molecule has 1 amide bonds. The van der Waals surface area contributed by atoms with E-state index in [-0.39, 0.29) is 36.6 Å². The van der Waals surface area contributed by atoms with Gasteiger partial charge in [0.15, 0.2) is 0 Å². The average Bonchev–Trinajstić information content (AvgIpc) is 3.23. The quantitative estimate of drug-likeness (QED) is 0.673. The van der Waals surface area contributed by atoms with Crippen LogP contribution in [0.5, 0.6) is 0 Å². The number of amides is 1. The fraction of sp³-hybridized carbons (Fsp3) is 0.667. The Morgan fingerprint density at radius 2 is 2.18 bits per heavy atom. The summed E-state index contributed by atoms with van der Waals surface area (Å²) >= 11 is 0. The number of carbonyl (C=O) groups is 1. The Morgan fingerprint density at radius 3 is 2.88 bits per heavy atom. The van der Waals surface area contributed by atoms with Gasteiger partial charge >= 0.3 is 6.18 Å². The predicted molar refractivity (Wildman–Crippen MR) is 116 cm³/mol. The van der Waals surface area contributed by atoms with Crippen molar-refractivity contribution in [3.63, 3.8) is 0 Å². The second-order valence-electron chi connectivity index (χ2n) is 9.58. The van der Waals surface area contributed by atoms with Crippen molar-refractivity contribution in [2.75, 3.05) is 26.9 Å². The van der Waals surface area contributed by atoms with Crippen LogP contribution in [-0.2, 0) is 33.4 Å². The molecule has 6 nitrogen and oxygen atoms in total. The van der Waals surface area contributed by atoms with E-state index < -0.39 is 17.2 Å². The van der Waals surface area contributed by atoms with E-state index in [4.69, 9.17) is 9.47 Å². The Morgan fingerprint density at radius 1 is 1.39 bits per heavy atom.